The molecule has 0 fully saturated rings. The number of hydrogen-bond acceptors (Lipinski definition) is 1. The van der Waals surface area contributed by atoms with Crippen LogP contribution in [-0.2, 0) is 4.57 Å². The second kappa shape index (κ2) is 6.33. The van der Waals surface area contributed by atoms with Crippen LogP contribution in [0.3, 0.4) is 0 Å². The lowest BCUT2D eigenvalue weighted by molar-refractivity contribution is 0.499. The van der Waals surface area contributed by atoms with Crippen LogP contribution in [0.4, 0.5) is 0 Å². The Bertz CT molecular complexity index is 562. The smallest absolute Gasteiger partial charge is 0.244 e. The Morgan fingerprint density at radius 1 is 0.737 bits per heavy atom. The minimum absolute atomic E-state index is 0.907. The zero-order valence-corrected chi connectivity index (χ0v) is 11.3. The number of benzene rings is 2. The molecular formula is C16H15O2P. The van der Waals surface area contributed by atoms with Crippen LogP contribution in [0.1, 0.15) is 11.1 Å². The molecule has 0 spiro atoms. The van der Waals surface area contributed by atoms with E-state index in [1.54, 1.807) is 12.2 Å². The van der Waals surface area contributed by atoms with Crippen molar-refractivity contribution in [1.82, 2.24) is 0 Å². The zero-order valence-electron chi connectivity index (χ0n) is 10.4. The van der Waals surface area contributed by atoms with E-state index in [0.717, 1.165) is 11.1 Å². The molecule has 0 aliphatic carbocycles. The molecule has 0 aliphatic heterocycles. The molecular weight excluding hydrogens is 255 g/mol. The summed E-state index contributed by atoms with van der Waals surface area (Å²) in [5.74, 6) is 2.70. The van der Waals surface area contributed by atoms with Gasteiger partial charge in [0.25, 0.3) is 0 Å². The van der Waals surface area contributed by atoms with Gasteiger partial charge in [0, 0.05) is 11.6 Å². The Hall–Kier alpha value is -1.89. The maximum atomic E-state index is 11.9. The summed E-state index contributed by atoms with van der Waals surface area (Å²) in [5, 5.41) is 0. The van der Waals surface area contributed by atoms with Gasteiger partial charge in [-0.05, 0) is 23.3 Å². The molecule has 2 rings (SSSR count). The summed E-state index contributed by atoms with van der Waals surface area (Å²) in [6.45, 7) is 0. The molecule has 1 N–H and O–H groups in total. The van der Waals surface area contributed by atoms with Crippen LogP contribution in [-0.4, -0.2) is 4.89 Å². The first kappa shape index (κ1) is 13.5. The van der Waals surface area contributed by atoms with Crippen molar-refractivity contribution in [2.24, 2.45) is 0 Å². The third kappa shape index (κ3) is 4.70. The molecule has 1 unspecified atom stereocenters. The van der Waals surface area contributed by atoms with E-state index in [1.165, 1.54) is 11.6 Å². The first-order valence-corrected chi connectivity index (χ1v) is 7.76. The van der Waals surface area contributed by atoms with Crippen molar-refractivity contribution in [3.63, 3.8) is 0 Å². The van der Waals surface area contributed by atoms with Crippen molar-refractivity contribution in [3.8, 4) is 0 Å². The minimum Gasteiger partial charge on any atom is -0.339 e. The topological polar surface area (TPSA) is 37.3 Å². The predicted molar refractivity (Wildman–Crippen MR) is 80.8 cm³/mol. The highest BCUT2D eigenvalue weighted by Gasteiger charge is 2.07. The quantitative estimate of drug-likeness (QED) is 0.824. The fourth-order valence-corrected chi connectivity index (χ4v) is 2.43. The van der Waals surface area contributed by atoms with Crippen molar-refractivity contribution in [1.29, 1.82) is 0 Å². The van der Waals surface area contributed by atoms with Crippen LogP contribution in [0.15, 0.2) is 72.3 Å². The van der Waals surface area contributed by atoms with Crippen molar-refractivity contribution in [2.75, 3.05) is 0 Å². The summed E-state index contributed by atoms with van der Waals surface area (Å²) in [5.41, 5.74) is 1.81. The van der Waals surface area contributed by atoms with E-state index in [2.05, 4.69) is 0 Å². The van der Waals surface area contributed by atoms with E-state index >= 15 is 0 Å². The van der Waals surface area contributed by atoms with Crippen LogP contribution in [0.5, 0.6) is 0 Å². The lowest BCUT2D eigenvalue weighted by Gasteiger charge is -2.00. The summed E-state index contributed by atoms with van der Waals surface area (Å²) in [7, 11) is -3.38. The Balaban J connectivity index is 2.09. The van der Waals surface area contributed by atoms with Crippen LogP contribution >= 0.6 is 7.37 Å². The van der Waals surface area contributed by atoms with Crippen LogP contribution in [0, 0.1) is 0 Å². The molecule has 0 aliphatic rings. The Morgan fingerprint density at radius 2 is 1.11 bits per heavy atom. The molecule has 0 bridgehead atoms. The van der Waals surface area contributed by atoms with Gasteiger partial charge >= 0.3 is 0 Å². The highest BCUT2D eigenvalue weighted by molar-refractivity contribution is 7.64. The second-order valence-corrected chi connectivity index (χ2v) is 6.07. The summed E-state index contributed by atoms with van der Waals surface area (Å²) >= 11 is 0. The largest absolute Gasteiger partial charge is 0.339 e. The van der Waals surface area contributed by atoms with Gasteiger partial charge in [0.2, 0.25) is 7.37 Å². The normalized spacial score (nSPS) is 14.8. The van der Waals surface area contributed by atoms with Gasteiger partial charge in [-0.2, -0.15) is 0 Å². The fraction of sp³-hybridized carbons (Fsp3) is 0. The summed E-state index contributed by atoms with van der Waals surface area (Å²) < 4.78 is 11.9. The summed E-state index contributed by atoms with van der Waals surface area (Å²) in [4.78, 5) is 9.82. The third-order valence-corrected chi connectivity index (χ3v) is 3.71. The van der Waals surface area contributed by atoms with Crippen molar-refractivity contribution in [2.45, 2.75) is 0 Å². The first-order chi connectivity index (χ1) is 9.16. The maximum absolute atomic E-state index is 11.9. The van der Waals surface area contributed by atoms with E-state index in [1.807, 2.05) is 60.7 Å². The van der Waals surface area contributed by atoms with Crippen molar-refractivity contribution in [3.05, 3.63) is 83.4 Å². The van der Waals surface area contributed by atoms with E-state index in [9.17, 15) is 9.46 Å². The average molecular weight is 270 g/mol. The first-order valence-electron chi connectivity index (χ1n) is 5.96. The minimum atomic E-state index is -3.38. The van der Waals surface area contributed by atoms with E-state index < -0.39 is 7.37 Å². The molecule has 0 heterocycles. The molecule has 19 heavy (non-hydrogen) atoms. The molecule has 1 atom stereocenters. The maximum Gasteiger partial charge on any atom is 0.244 e. The van der Waals surface area contributed by atoms with Crippen molar-refractivity contribution < 1.29 is 9.46 Å². The lowest BCUT2D eigenvalue weighted by Crippen LogP contribution is -1.72. The van der Waals surface area contributed by atoms with Gasteiger partial charge < -0.3 is 4.89 Å². The average Bonchev–Trinajstić information content (AvgIpc) is 2.46. The molecule has 0 amide bonds. The van der Waals surface area contributed by atoms with Crippen LogP contribution in [0.2, 0.25) is 0 Å². The standard InChI is InChI=1S/C16H15O2P/c17-19(18,13-11-15-7-3-1-4-8-15)14-12-16-9-5-2-6-10-16/h1-14H,(H,17,18)/b13-11+,14-12?. The molecule has 0 radical (unpaired) electrons. The molecule has 2 aromatic rings. The predicted octanol–water partition coefficient (Wildman–Crippen LogP) is 4.60. The Morgan fingerprint density at radius 3 is 1.47 bits per heavy atom. The fourth-order valence-electron chi connectivity index (χ4n) is 1.56. The number of rotatable bonds is 4. The Kier molecular flexibility index (Phi) is 4.51. The molecule has 96 valence electrons. The van der Waals surface area contributed by atoms with Gasteiger partial charge in [-0.15, -0.1) is 0 Å². The summed E-state index contributed by atoms with van der Waals surface area (Å²) in [6, 6.07) is 18.9. The van der Waals surface area contributed by atoms with Gasteiger partial charge in [-0.3, -0.25) is 4.57 Å². The zero-order chi connectivity index (χ0) is 13.6. The van der Waals surface area contributed by atoms with Crippen LogP contribution in [0.25, 0.3) is 12.2 Å². The summed E-state index contributed by atoms with van der Waals surface area (Å²) in [6.07, 6.45) is 3.33. The van der Waals surface area contributed by atoms with E-state index in [4.69, 9.17) is 0 Å². The van der Waals surface area contributed by atoms with Gasteiger partial charge in [0.05, 0.1) is 0 Å². The van der Waals surface area contributed by atoms with Gasteiger partial charge in [-0.25, -0.2) is 0 Å². The van der Waals surface area contributed by atoms with Crippen LogP contribution < -0.4 is 0 Å². The van der Waals surface area contributed by atoms with Crippen molar-refractivity contribution >= 4 is 19.5 Å². The molecule has 2 aromatic carbocycles. The third-order valence-electron chi connectivity index (χ3n) is 2.56. The molecule has 0 saturated carbocycles. The molecule has 2 nitrogen and oxygen atoms in total. The lowest BCUT2D eigenvalue weighted by atomic mass is 10.2. The monoisotopic (exact) mass is 270 g/mol. The highest BCUT2D eigenvalue weighted by Crippen LogP contribution is 2.45. The molecule has 0 aromatic heterocycles. The van der Waals surface area contributed by atoms with Gasteiger partial charge in [0.15, 0.2) is 0 Å². The second-order valence-electron chi connectivity index (χ2n) is 4.13. The van der Waals surface area contributed by atoms with E-state index in [0.29, 0.717) is 0 Å². The SMILES string of the molecule is O=P(O)(C=Cc1ccccc1)/C=C/c1ccccc1. The molecule has 0 saturated heterocycles. The van der Waals surface area contributed by atoms with Gasteiger partial charge in [0.1, 0.15) is 0 Å². The highest BCUT2D eigenvalue weighted by atomic mass is 31.2. The Labute approximate surface area is 113 Å². The van der Waals surface area contributed by atoms with E-state index in [-0.39, 0.29) is 0 Å². The van der Waals surface area contributed by atoms with Gasteiger partial charge in [-0.1, -0.05) is 60.7 Å². The molecule has 3 heteroatoms. The number of hydrogen-bond donors (Lipinski definition) is 1.